The molecule has 1 atom stereocenters. The number of halogens is 1. The standard InChI is InChI=1S/C22H34FN3O2/c1-5-25-10-12-26(13-11-25)22(28)8-9-24-21(27)15-19(16(2)3)18-6-7-20(23)17(4)14-18/h6-7,14,16,19H,5,8-13,15H2,1-4H3,(H,24,27). The van der Waals surface area contributed by atoms with Crippen molar-refractivity contribution in [2.75, 3.05) is 39.3 Å². The summed E-state index contributed by atoms with van der Waals surface area (Å²) in [4.78, 5) is 28.9. The fourth-order valence-corrected chi connectivity index (χ4v) is 3.69. The van der Waals surface area contributed by atoms with Crippen LogP contribution in [0.1, 0.15) is 50.7 Å². The van der Waals surface area contributed by atoms with Crippen molar-refractivity contribution in [1.82, 2.24) is 15.1 Å². The Morgan fingerprint density at radius 3 is 2.43 bits per heavy atom. The largest absolute Gasteiger partial charge is 0.356 e. The molecule has 1 saturated heterocycles. The van der Waals surface area contributed by atoms with Crippen LogP contribution in [0, 0.1) is 18.7 Å². The molecule has 1 N–H and O–H groups in total. The molecular weight excluding hydrogens is 357 g/mol. The Bertz CT molecular complexity index is 670. The lowest BCUT2D eigenvalue weighted by atomic mass is 9.85. The molecule has 0 saturated carbocycles. The second-order valence-electron chi connectivity index (χ2n) is 7.98. The normalized spacial score (nSPS) is 16.3. The van der Waals surface area contributed by atoms with E-state index in [0.717, 1.165) is 38.3 Å². The van der Waals surface area contributed by atoms with E-state index in [-0.39, 0.29) is 29.5 Å². The SMILES string of the molecule is CCN1CCN(C(=O)CCNC(=O)CC(c2ccc(F)c(C)c2)C(C)C)CC1. The summed E-state index contributed by atoms with van der Waals surface area (Å²) in [5, 5.41) is 2.88. The third-order valence-corrected chi connectivity index (χ3v) is 5.65. The molecule has 1 aliphatic rings. The minimum absolute atomic E-state index is 0.0251. The molecule has 1 aromatic carbocycles. The minimum Gasteiger partial charge on any atom is -0.356 e. The van der Waals surface area contributed by atoms with Gasteiger partial charge in [0, 0.05) is 45.6 Å². The second kappa shape index (κ2) is 10.6. The van der Waals surface area contributed by atoms with Crippen LogP contribution < -0.4 is 5.32 Å². The Hall–Kier alpha value is -1.95. The average Bonchev–Trinajstić information content (AvgIpc) is 2.68. The molecule has 0 aliphatic carbocycles. The van der Waals surface area contributed by atoms with E-state index in [1.54, 1.807) is 13.0 Å². The fourth-order valence-electron chi connectivity index (χ4n) is 3.69. The number of carbonyl (C=O) groups is 2. The van der Waals surface area contributed by atoms with Gasteiger partial charge in [-0.2, -0.15) is 0 Å². The minimum atomic E-state index is -0.228. The molecule has 0 spiro atoms. The Labute approximate surface area is 168 Å². The first kappa shape index (κ1) is 22.3. The van der Waals surface area contributed by atoms with Crippen LogP contribution in [0.2, 0.25) is 0 Å². The van der Waals surface area contributed by atoms with Crippen molar-refractivity contribution in [3.8, 4) is 0 Å². The van der Waals surface area contributed by atoms with Gasteiger partial charge in [-0.3, -0.25) is 9.59 Å². The summed E-state index contributed by atoms with van der Waals surface area (Å²) in [6, 6.07) is 5.06. The third-order valence-electron chi connectivity index (χ3n) is 5.65. The van der Waals surface area contributed by atoms with E-state index in [1.807, 2.05) is 11.0 Å². The molecule has 1 unspecified atom stereocenters. The number of amides is 2. The number of rotatable bonds is 8. The molecule has 2 rings (SSSR count). The van der Waals surface area contributed by atoms with Crippen LogP contribution in [0.25, 0.3) is 0 Å². The van der Waals surface area contributed by atoms with Crippen LogP contribution in [0.15, 0.2) is 18.2 Å². The van der Waals surface area contributed by atoms with E-state index in [9.17, 15) is 14.0 Å². The number of carbonyl (C=O) groups excluding carboxylic acids is 2. The molecule has 6 heteroatoms. The summed E-state index contributed by atoms with van der Waals surface area (Å²) < 4.78 is 13.5. The van der Waals surface area contributed by atoms with Gasteiger partial charge in [0.05, 0.1) is 0 Å². The van der Waals surface area contributed by atoms with Crippen LogP contribution in [0.4, 0.5) is 4.39 Å². The summed E-state index contributed by atoms with van der Waals surface area (Å²) >= 11 is 0. The van der Waals surface area contributed by atoms with E-state index >= 15 is 0 Å². The van der Waals surface area contributed by atoms with E-state index in [0.29, 0.717) is 24.9 Å². The lowest BCUT2D eigenvalue weighted by Gasteiger charge is -2.34. The molecule has 0 bridgehead atoms. The van der Waals surface area contributed by atoms with Crippen LogP contribution in [0.5, 0.6) is 0 Å². The van der Waals surface area contributed by atoms with Crippen LogP contribution >= 0.6 is 0 Å². The lowest BCUT2D eigenvalue weighted by molar-refractivity contribution is -0.132. The van der Waals surface area contributed by atoms with Gasteiger partial charge in [0.1, 0.15) is 5.82 Å². The van der Waals surface area contributed by atoms with Gasteiger partial charge in [0.25, 0.3) is 0 Å². The van der Waals surface area contributed by atoms with Crippen molar-refractivity contribution in [2.24, 2.45) is 5.92 Å². The Kier molecular flexibility index (Phi) is 8.42. The molecule has 28 heavy (non-hydrogen) atoms. The van der Waals surface area contributed by atoms with E-state index in [4.69, 9.17) is 0 Å². The Balaban J connectivity index is 1.80. The van der Waals surface area contributed by atoms with Crippen molar-refractivity contribution >= 4 is 11.8 Å². The number of piperazine rings is 1. The first-order chi connectivity index (χ1) is 13.3. The number of likely N-dealkylation sites (N-methyl/N-ethyl adjacent to an activating group) is 1. The number of aryl methyl sites for hydroxylation is 1. The maximum atomic E-state index is 13.5. The van der Waals surface area contributed by atoms with Crippen molar-refractivity contribution < 1.29 is 14.0 Å². The van der Waals surface area contributed by atoms with Crippen molar-refractivity contribution in [1.29, 1.82) is 0 Å². The molecular formula is C22H34FN3O2. The zero-order valence-electron chi connectivity index (χ0n) is 17.6. The summed E-state index contributed by atoms with van der Waals surface area (Å²) in [6.07, 6.45) is 0.673. The topological polar surface area (TPSA) is 52.6 Å². The highest BCUT2D eigenvalue weighted by atomic mass is 19.1. The molecule has 0 radical (unpaired) electrons. The maximum absolute atomic E-state index is 13.5. The highest BCUT2D eigenvalue weighted by molar-refractivity contribution is 5.79. The molecule has 1 aliphatic heterocycles. The van der Waals surface area contributed by atoms with E-state index < -0.39 is 0 Å². The van der Waals surface area contributed by atoms with Crippen molar-refractivity contribution in [2.45, 2.75) is 46.5 Å². The quantitative estimate of drug-likeness (QED) is 0.741. The second-order valence-corrected chi connectivity index (χ2v) is 7.98. The number of benzene rings is 1. The van der Waals surface area contributed by atoms with E-state index in [1.165, 1.54) is 6.07 Å². The van der Waals surface area contributed by atoms with Crippen LogP contribution in [0.3, 0.4) is 0 Å². The maximum Gasteiger partial charge on any atom is 0.224 e. The number of nitrogens with one attached hydrogen (secondary N) is 1. The molecule has 2 amide bonds. The Morgan fingerprint density at radius 1 is 1.18 bits per heavy atom. The molecule has 1 heterocycles. The average molecular weight is 392 g/mol. The zero-order valence-corrected chi connectivity index (χ0v) is 17.6. The van der Waals surface area contributed by atoms with Gasteiger partial charge in [-0.05, 0) is 42.5 Å². The summed E-state index contributed by atoms with van der Waals surface area (Å²) in [5.74, 6) is 0.0909. The summed E-state index contributed by atoms with van der Waals surface area (Å²) in [7, 11) is 0. The first-order valence-corrected chi connectivity index (χ1v) is 10.3. The van der Waals surface area contributed by atoms with Gasteiger partial charge in [0.15, 0.2) is 0 Å². The van der Waals surface area contributed by atoms with Crippen LogP contribution in [-0.4, -0.2) is 60.9 Å². The summed E-state index contributed by atoms with van der Waals surface area (Å²) in [6.45, 7) is 12.7. The smallest absolute Gasteiger partial charge is 0.224 e. The Morgan fingerprint density at radius 2 is 1.86 bits per heavy atom. The summed E-state index contributed by atoms with van der Waals surface area (Å²) in [5.41, 5.74) is 1.58. The monoisotopic (exact) mass is 391 g/mol. The predicted molar refractivity (Wildman–Crippen MR) is 110 cm³/mol. The van der Waals surface area contributed by atoms with Gasteiger partial charge >= 0.3 is 0 Å². The number of hydrogen-bond acceptors (Lipinski definition) is 3. The molecule has 0 aromatic heterocycles. The van der Waals surface area contributed by atoms with Crippen molar-refractivity contribution in [3.05, 3.63) is 35.1 Å². The van der Waals surface area contributed by atoms with Crippen molar-refractivity contribution in [3.63, 3.8) is 0 Å². The first-order valence-electron chi connectivity index (χ1n) is 10.3. The third kappa shape index (κ3) is 6.30. The highest BCUT2D eigenvalue weighted by Crippen LogP contribution is 2.29. The van der Waals surface area contributed by atoms with Gasteiger partial charge in [-0.1, -0.05) is 32.9 Å². The number of hydrogen-bond donors (Lipinski definition) is 1. The molecule has 5 nitrogen and oxygen atoms in total. The van der Waals surface area contributed by atoms with Gasteiger partial charge in [-0.15, -0.1) is 0 Å². The van der Waals surface area contributed by atoms with Crippen LogP contribution in [-0.2, 0) is 9.59 Å². The fraction of sp³-hybridized carbons (Fsp3) is 0.636. The van der Waals surface area contributed by atoms with Gasteiger partial charge < -0.3 is 15.1 Å². The van der Waals surface area contributed by atoms with Gasteiger partial charge in [0.2, 0.25) is 11.8 Å². The number of nitrogens with zero attached hydrogens (tertiary/aromatic N) is 2. The lowest BCUT2D eigenvalue weighted by Crippen LogP contribution is -2.49. The highest BCUT2D eigenvalue weighted by Gasteiger charge is 2.22. The molecule has 156 valence electrons. The molecule has 1 fully saturated rings. The predicted octanol–water partition coefficient (Wildman–Crippen LogP) is 2.93. The zero-order chi connectivity index (χ0) is 20.7. The van der Waals surface area contributed by atoms with E-state index in [2.05, 4.69) is 31.0 Å². The van der Waals surface area contributed by atoms with Gasteiger partial charge in [-0.25, -0.2) is 4.39 Å². The molecule has 1 aromatic rings.